The van der Waals surface area contributed by atoms with Crippen LogP contribution >= 0.6 is 15.9 Å². The maximum Gasteiger partial charge on any atom is 0.287 e. The van der Waals surface area contributed by atoms with E-state index in [0.717, 1.165) is 27.8 Å². The molecule has 0 aliphatic heterocycles. The van der Waals surface area contributed by atoms with Crippen molar-refractivity contribution in [3.05, 3.63) is 106 Å². The highest BCUT2D eigenvalue weighted by atomic mass is 79.9. The smallest absolute Gasteiger partial charge is 0.287 e. The van der Waals surface area contributed by atoms with Crippen LogP contribution in [0.3, 0.4) is 0 Å². The molecule has 3 aromatic carbocycles. The van der Waals surface area contributed by atoms with Gasteiger partial charge in [0, 0.05) is 10.0 Å². The Morgan fingerprint density at radius 3 is 2.26 bits per heavy atom. The zero-order chi connectivity index (χ0) is 24.3. The van der Waals surface area contributed by atoms with Crippen molar-refractivity contribution in [3.8, 4) is 5.75 Å². The van der Waals surface area contributed by atoms with Crippen LogP contribution in [0.2, 0.25) is 0 Å². The van der Waals surface area contributed by atoms with Crippen molar-refractivity contribution >= 4 is 39.5 Å². The van der Waals surface area contributed by atoms with Gasteiger partial charge in [-0.1, -0.05) is 65.3 Å². The van der Waals surface area contributed by atoms with E-state index >= 15 is 0 Å². The van der Waals surface area contributed by atoms with Gasteiger partial charge in [-0.2, -0.15) is 5.10 Å². The number of hydrogen-bond acceptors (Lipinski definition) is 4. The highest BCUT2D eigenvalue weighted by molar-refractivity contribution is 9.10. The van der Waals surface area contributed by atoms with Crippen LogP contribution in [0.15, 0.2) is 94.1 Å². The standard InChI is InChI=1S/C27H26BrN3O3/c1-3-17-34-24-15-9-20(10-16-24)18-25(29-26(32)22-7-5-4-6-8-22)27(33)31-30-19(2)21-11-13-23(28)14-12-21/h4-16,18H,3,17H2,1-2H3,(H,29,32)(H,31,33)/b25-18-,30-19-. The minimum absolute atomic E-state index is 0.0726. The van der Waals surface area contributed by atoms with E-state index < -0.39 is 11.8 Å². The van der Waals surface area contributed by atoms with Gasteiger partial charge in [0.1, 0.15) is 11.4 Å². The van der Waals surface area contributed by atoms with Crippen LogP contribution in [0.5, 0.6) is 5.75 Å². The molecule has 0 radical (unpaired) electrons. The summed E-state index contributed by atoms with van der Waals surface area (Å²) in [5.74, 6) is -0.182. The maximum absolute atomic E-state index is 13.0. The van der Waals surface area contributed by atoms with Gasteiger partial charge >= 0.3 is 0 Å². The van der Waals surface area contributed by atoms with Gasteiger partial charge in [-0.25, -0.2) is 5.43 Å². The number of ether oxygens (including phenoxy) is 1. The topological polar surface area (TPSA) is 79.8 Å². The zero-order valence-corrected chi connectivity index (χ0v) is 20.6. The van der Waals surface area contributed by atoms with Crippen LogP contribution in [0.1, 0.15) is 41.8 Å². The molecule has 174 valence electrons. The summed E-state index contributed by atoms with van der Waals surface area (Å²) in [6.07, 6.45) is 2.52. The summed E-state index contributed by atoms with van der Waals surface area (Å²) >= 11 is 3.40. The molecule has 7 heteroatoms. The Bertz CT molecular complexity index is 1170. The number of carbonyl (C=O) groups excluding carboxylic acids is 2. The van der Waals surface area contributed by atoms with Crippen molar-refractivity contribution in [2.45, 2.75) is 20.3 Å². The van der Waals surface area contributed by atoms with Crippen molar-refractivity contribution in [3.63, 3.8) is 0 Å². The van der Waals surface area contributed by atoms with E-state index in [1.165, 1.54) is 0 Å². The first kappa shape index (κ1) is 24.9. The SMILES string of the molecule is CCCOc1ccc(/C=C(\NC(=O)c2ccccc2)C(=O)N/N=C(/C)c2ccc(Br)cc2)cc1. The van der Waals surface area contributed by atoms with Crippen LogP contribution in [-0.2, 0) is 4.79 Å². The van der Waals surface area contributed by atoms with Crippen molar-refractivity contribution in [2.24, 2.45) is 5.10 Å². The molecule has 0 spiro atoms. The first-order valence-electron chi connectivity index (χ1n) is 10.9. The minimum Gasteiger partial charge on any atom is -0.494 e. The third kappa shape index (κ3) is 7.42. The molecule has 34 heavy (non-hydrogen) atoms. The Hall–Kier alpha value is -3.71. The molecule has 2 amide bonds. The Labute approximate surface area is 207 Å². The van der Waals surface area contributed by atoms with Crippen LogP contribution < -0.4 is 15.5 Å². The lowest BCUT2D eigenvalue weighted by Crippen LogP contribution is -2.33. The molecule has 0 unspecified atom stereocenters. The normalized spacial score (nSPS) is 11.6. The van der Waals surface area contributed by atoms with E-state index in [1.807, 2.05) is 61.5 Å². The first-order chi connectivity index (χ1) is 16.5. The van der Waals surface area contributed by atoms with E-state index in [2.05, 4.69) is 31.8 Å². The summed E-state index contributed by atoms with van der Waals surface area (Å²) < 4.78 is 6.56. The molecule has 0 bridgehead atoms. The summed E-state index contributed by atoms with van der Waals surface area (Å²) in [4.78, 5) is 25.7. The Balaban J connectivity index is 1.82. The predicted molar refractivity (Wildman–Crippen MR) is 139 cm³/mol. The van der Waals surface area contributed by atoms with E-state index in [0.29, 0.717) is 17.9 Å². The number of carbonyl (C=O) groups is 2. The monoisotopic (exact) mass is 519 g/mol. The van der Waals surface area contributed by atoms with Gasteiger partial charge in [0.2, 0.25) is 0 Å². The molecule has 0 aromatic heterocycles. The summed E-state index contributed by atoms with van der Waals surface area (Å²) in [6, 6.07) is 23.6. The molecule has 0 fully saturated rings. The predicted octanol–water partition coefficient (Wildman–Crippen LogP) is 5.55. The fourth-order valence-electron chi connectivity index (χ4n) is 2.94. The number of nitrogens with one attached hydrogen (secondary N) is 2. The zero-order valence-electron chi connectivity index (χ0n) is 19.0. The highest BCUT2D eigenvalue weighted by Gasteiger charge is 2.14. The summed E-state index contributed by atoms with van der Waals surface area (Å²) in [6.45, 7) is 4.47. The third-order valence-corrected chi connectivity index (χ3v) is 5.31. The number of nitrogens with zero attached hydrogens (tertiary/aromatic N) is 1. The Kier molecular flexibility index (Phi) is 9.17. The van der Waals surface area contributed by atoms with Crippen molar-refractivity contribution in [1.29, 1.82) is 0 Å². The minimum atomic E-state index is -0.535. The second-order valence-electron chi connectivity index (χ2n) is 7.44. The fraction of sp³-hybridized carbons (Fsp3) is 0.148. The molecule has 3 rings (SSSR count). The number of hydrazone groups is 1. The molecule has 0 atom stereocenters. The van der Waals surface area contributed by atoms with E-state index in [9.17, 15) is 9.59 Å². The van der Waals surface area contributed by atoms with Gasteiger partial charge in [0.25, 0.3) is 11.8 Å². The number of benzene rings is 3. The van der Waals surface area contributed by atoms with Crippen LogP contribution in [0.4, 0.5) is 0 Å². The fourth-order valence-corrected chi connectivity index (χ4v) is 3.20. The quantitative estimate of drug-likeness (QED) is 0.221. The van der Waals surface area contributed by atoms with Crippen molar-refractivity contribution in [1.82, 2.24) is 10.7 Å². The molecule has 0 saturated carbocycles. The lowest BCUT2D eigenvalue weighted by Gasteiger charge is -2.10. The maximum atomic E-state index is 13.0. The molecule has 0 aliphatic carbocycles. The van der Waals surface area contributed by atoms with Crippen molar-refractivity contribution in [2.75, 3.05) is 6.61 Å². The Morgan fingerprint density at radius 2 is 1.62 bits per heavy atom. The molecule has 0 saturated heterocycles. The molecular formula is C27H26BrN3O3. The number of hydrogen-bond donors (Lipinski definition) is 2. The van der Waals surface area contributed by atoms with Crippen LogP contribution in [-0.4, -0.2) is 24.1 Å². The third-order valence-electron chi connectivity index (χ3n) is 4.78. The molecule has 3 aromatic rings. The summed E-state index contributed by atoms with van der Waals surface area (Å²) in [5.41, 5.74) is 5.29. The van der Waals surface area contributed by atoms with Gasteiger partial charge < -0.3 is 10.1 Å². The highest BCUT2D eigenvalue weighted by Crippen LogP contribution is 2.15. The number of rotatable bonds is 9. The lowest BCUT2D eigenvalue weighted by molar-refractivity contribution is -0.117. The van der Waals surface area contributed by atoms with Gasteiger partial charge in [0.05, 0.1) is 12.3 Å². The van der Waals surface area contributed by atoms with Gasteiger partial charge in [-0.15, -0.1) is 0 Å². The largest absolute Gasteiger partial charge is 0.494 e. The second-order valence-corrected chi connectivity index (χ2v) is 8.36. The molecule has 0 aliphatic rings. The Morgan fingerprint density at radius 1 is 0.941 bits per heavy atom. The summed E-state index contributed by atoms with van der Waals surface area (Å²) in [7, 11) is 0. The molecule has 2 N–H and O–H groups in total. The number of amides is 2. The number of halogens is 1. The van der Waals surface area contributed by atoms with Gasteiger partial charge in [-0.05, 0) is 66.9 Å². The molecule has 6 nitrogen and oxygen atoms in total. The van der Waals surface area contributed by atoms with Crippen LogP contribution in [0, 0.1) is 0 Å². The van der Waals surface area contributed by atoms with Gasteiger partial charge in [0.15, 0.2) is 0 Å². The lowest BCUT2D eigenvalue weighted by atomic mass is 10.1. The van der Waals surface area contributed by atoms with E-state index in [1.54, 1.807) is 37.3 Å². The average Bonchev–Trinajstić information content (AvgIpc) is 2.87. The average molecular weight is 520 g/mol. The molecular weight excluding hydrogens is 494 g/mol. The van der Waals surface area contributed by atoms with Crippen LogP contribution in [0.25, 0.3) is 6.08 Å². The molecule has 0 heterocycles. The van der Waals surface area contributed by atoms with E-state index in [-0.39, 0.29) is 5.70 Å². The van der Waals surface area contributed by atoms with E-state index in [4.69, 9.17) is 4.74 Å². The second kappa shape index (κ2) is 12.5. The summed E-state index contributed by atoms with van der Waals surface area (Å²) in [5, 5.41) is 6.91. The van der Waals surface area contributed by atoms with Crippen molar-refractivity contribution < 1.29 is 14.3 Å². The van der Waals surface area contributed by atoms with Gasteiger partial charge in [-0.3, -0.25) is 9.59 Å². The first-order valence-corrected chi connectivity index (χ1v) is 11.7.